The molecule has 0 radical (unpaired) electrons. The van der Waals surface area contributed by atoms with Gasteiger partial charge in [-0.15, -0.1) is 0 Å². The maximum atomic E-state index is 14.6. The maximum Gasteiger partial charge on any atom is 0.316 e. The van der Waals surface area contributed by atoms with Crippen LogP contribution in [0.5, 0.6) is 6.01 Å². The molecular formula is C32H36FN5O3. The van der Waals surface area contributed by atoms with E-state index in [4.69, 9.17) is 14.2 Å². The van der Waals surface area contributed by atoms with Gasteiger partial charge in [-0.1, -0.05) is 24.2 Å². The number of ether oxygens (including phenoxy) is 1. The molecule has 0 spiro atoms. The number of fused-ring (bicyclic) bond motifs is 3. The summed E-state index contributed by atoms with van der Waals surface area (Å²) in [6.07, 6.45) is 12.9. The van der Waals surface area contributed by atoms with E-state index < -0.39 is 11.1 Å². The summed E-state index contributed by atoms with van der Waals surface area (Å²) in [5.74, 6) is 1.77. The Balaban J connectivity index is 1.06. The lowest BCUT2D eigenvalue weighted by molar-refractivity contribution is -0.211. The van der Waals surface area contributed by atoms with Crippen molar-refractivity contribution in [3.8, 4) is 17.1 Å². The fraction of sp³-hybridized carbons (Fsp3) is 0.594. The van der Waals surface area contributed by atoms with E-state index in [1.54, 1.807) is 19.5 Å². The van der Waals surface area contributed by atoms with Crippen LogP contribution in [0.25, 0.3) is 11.1 Å². The zero-order chi connectivity index (χ0) is 28.1. The lowest BCUT2D eigenvalue weighted by Crippen LogP contribution is -2.71. The highest BCUT2D eigenvalue weighted by Gasteiger charge is 2.73. The van der Waals surface area contributed by atoms with Crippen molar-refractivity contribution in [2.75, 3.05) is 18.6 Å². The fourth-order valence-corrected chi connectivity index (χ4v) is 8.14. The van der Waals surface area contributed by atoms with Gasteiger partial charge in [-0.05, 0) is 93.7 Å². The van der Waals surface area contributed by atoms with E-state index in [9.17, 15) is 9.18 Å². The molecule has 0 saturated heterocycles. The third kappa shape index (κ3) is 3.87. The van der Waals surface area contributed by atoms with Crippen LogP contribution in [0.15, 0.2) is 41.2 Å². The number of hydrogen-bond donors (Lipinski definition) is 0. The number of amides is 1. The summed E-state index contributed by atoms with van der Waals surface area (Å²) in [5.41, 5.74) is 1.06. The zero-order valence-corrected chi connectivity index (χ0v) is 23.8. The van der Waals surface area contributed by atoms with Crippen LogP contribution in [0, 0.1) is 10.8 Å². The van der Waals surface area contributed by atoms with E-state index in [0.29, 0.717) is 31.8 Å². The largest absolute Gasteiger partial charge is 0.467 e. The molecule has 0 atom stereocenters. The van der Waals surface area contributed by atoms with Crippen molar-refractivity contribution in [2.45, 2.75) is 94.1 Å². The fourth-order valence-electron chi connectivity index (χ4n) is 8.14. The first kappa shape index (κ1) is 25.4. The monoisotopic (exact) mass is 557 g/mol. The summed E-state index contributed by atoms with van der Waals surface area (Å²) in [7, 11) is 1.54. The summed E-state index contributed by atoms with van der Waals surface area (Å²) in [4.78, 5) is 29.6. The Morgan fingerprint density at radius 3 is 2.29 bits per heavy atom. The summed E-state index contributed by atoms with van der Waals surface area (Å²) in [6.45, 7) is 2.86. The molecule has 41 heavy (non-hydrogen) atoms. The van der Waals surface area contributed by atoms with Crippen LogP contribution < -0.4 is 9.64 Å². The summed E-state index contributed by atoms with van der Waals surface area (Å²) < 4.78 is 25.4. The summed E-state index contributed by atoms with van der Waals surface area (Å²) in [6, 6.07) is 8.35. The van der Waals surface area contributed by atoms with Gasteiger partial charge in [-0.3, -0.25) is 4.79 Å². The van der Waals surface area contributed by atoms with Gasteiger partial charge in [-0.2, -0.15) is 4.98 Å². The Hall–Kier alpha value is -3.36. The highest BCUT2D eigenvalue weighted by atomic mass is 19.1. The molecule has 2 aromatic heterocycles. The zero-order valence-electron chi connectivity index (χ0n) is 23.8. The van der Waals surface area contributed by atoms with Gasteiger partial charge in [-0.25, -0.2) is 14.4 Å². The minimum atomic E-state index is -1.13. The molecule has 0 unspecified atom stereocenters. The minimum absolute atomic E-state index is 0.0215. The molecular weight excluding hydrogens is 521 g/mol. The molecule has 8 nitrogen and oxygen atoms in total. The predicted octanol–water partition coefficient (Wildman–Crippen LogP) is 6.10. The van der Waals surface area contributed by atoms with E-state index in [-0.39, 0.29) is 22.2 Å². The molecule has 4 bridgehead atoms. The smallest absolute Gasteiger partial charge is 0.316 e. The van der Waals surface area contributed by atoms with E-state index in [1.807, 2.05) is 29.2 Å². The van der Waals surface area contributed by atoms with E-state index in [0.717, 1.165) is 79.9 Å². The van der Waals surface area contributed by atoms with Crippen molar-refractivity contribution >= 4 is 11.6 Å². The van der Waals surface area contributed by atoms with Gasteiger partial charge in [0.2, 0.25) is 11.8 Å². The van der Waals surface area contributed by atoms with Crippen LogP contribution >= 0.6 is 0 Å². The normalized spacial score (nSPS) is 33.9. The molecule has 2 heterocycles. The average Bonchev–Trinajstić information content (AvgIpc) is 3.51. The molecule has 1 aromatic carbocycles. The number of alkyl halides is 1. The van der Waals surface area contributed by atoms with Gasteiger partial charge in [0.25, 0.3) is 0 Å². The van der Waals surface area contributed by atoms with Crippen molar-refractivity contribution < 1.29 is 18.4 Å². The van der Waals surface area contributed by atoms with E-state index in [1.165, 1.54) is 0 Å². The van der Waals surface area contributed by atoms with Gasteiger partial charge in [0.15, 0.2) is 5.82 Å². The summed E-state index contributed by atoms with van der Waals surface area (Å²) >= 11 is 0. The number of anilines is 1. The highest BCUT2D eigenvalue weighted by Crippen LogP contribution is 2.70. The van der Waals surface area contributed by atoms with Crippen LogP contribution in [0.2, 0.25) is 0 Å². The molecule has 9 heteroatoms. The number of carbonyl (C=O) groups excluding carboxylic acids is 1. The Morgan fingerprint density at radius 1 is 1.00 bits per heavy atom. The van der Waals surface area contributed by atoms with Crippen LogP contribution in [-0.4, -0.2) is 45.3 Å². The van der Waals surface area contributed by atoms with E-state index >= 15 is 0 Å². The lowest BCUT2D eigenvalue weighted by atomic mass is 9.41. The first-order valence-corrected chi connectivity index (χ1v) is 15.0. The summed E-state index contributed by atoms with van der Waals surface area (Å²) in [5, 5.41) is 4.48. The topological polar surface area (TPSA) is 94.2 Å². The number of halogens is 1. The standard InChI is InChI=1S/C32H36FN5O3/c1-28(6-7-28)25-36-24(37-41-25)30-11-8-29(9-12-30,10-13-30)20-38(26(39)31-17-32(33,18-31)19-31)23-5-3-4-21(14-23)22-15-34-27(40-2)35-16-22/h3-5,14-16H,6-13,17-20H2,1-2H3. The second-order valence-electron chi connectivity index (χ2n) is 14.1. The maximum absolute atomic E-state index is 14.6. The molecule has 7 aliphatic rings. The SMILES string of the molecule is COc1ncc(-c2cccc(N(CC34CCC(c5noc(C6(C)CC6)n5)(CC3)CC4)C(=O)C34CC(F)(C3)C4)c2)cn1. The van der Waals surface area contributed by atoms with Crippen LogP contribution in [0.4, 0.5) is 10.1 Å². The highest BCUT2D eigenvalue weighted by molar-refractivity contribution is 6.00. The molecule has 214 valence electrons. The van der Waals surface area contributed by atoms with Crippen molar-refractivity contribution in [3.63, 3.8) is 0 Å². The van der Waals surface area contributed by atoms with Crippen molar-refractivity contribution in [1.82, 2.24) is 20.1 Å². The first-order chi connectivity index (χ1) is 19.7. The lowest BCUT2D eigenvalue weighted by Gasteiger charge is -2.65. The Morgan fingerprint density at radius 2 is 1.68 bits per heavy atom. The minimum Gasteiger partial charge on any atom is -0.467 e. The molecule has 0 aliphatic heterocycles. The predicted molar refractivity (Wildman–Crippen MR) is 149 cm³/mol. The number of nitrogens with zero attached hydrogens (tertiary/aromatic N) is 5. The third-order valence-electron chi connectivity index (χ3n) is 11.3. The molecule has 10 rings (SSSR count). The molecule has 1 amide bonds. The van der Waals surface area contributed by atoms with Gasteiger partial charge in [0.1, 0.15) is 5.67 Å². The van der Waals surface area contributed by atoms with E-state index in [2.05, 4.69) is 22.0 Å². The molecule has 7 saturated carbocycles. The third-order valence-corrected chi connectivity index (χ3v) is 11.3. The Bertz CT molecular complexity index is 1490. The Labute approximate surface area is 239 Å². The molecule has 0 N–H and O–H groups in total. The molecule has 3 aromatic rings. The van der Waals surface area contributed by atoms with Crippen molar-refractivity contribution in [1.29, 1.82) is 0 Å². The Kier molecular flexibility index (Phi) is 5.17. The number of methoxy groups -OCH3 is 1. The number of aromatic nitrogens is 4. The number of hydrogen-bond acceptors (Lipinski definition) is 7. The second-order valence-corrected chi connectivity index (χ2v) is 14.1. The molecule has 7 fully saturated rings. The number of benzene rings is 1. The van der Waals surface area contributed by atoms with Crippen molar-refractivity contribution in [3.05, 3.63) is 48.4 Å². The first-order valence-electron chi connectivity index (χ1n) is 15.0. The van der Waals surface area contributed by atoms with Gasteiger partial charge >= 0.3 is 6.01 Å². The van der Waals surface area contributed by atoms with Gasteiger partial charge in [0, 0.05) is 41.0 Å². The number of rotatable bonds is 8. The van der Waals surface area contributed by atoms with Gasteiger partial charge in [0.05, 0.1) is 12.5 Å². The van der Waals surface area contributed by atoms with Crippen LogP contribution in [0.1, 0.15) is 89.3 Å². The van der Waals surface area contributed by atoms with Crippen molar-refractivity contribution in [2.24, 2.45) is 10.8 Å². The second kappa shape index (κ2) is 8.35. The van der Waals surface area contributed by atoms with Crippen LogP contribution in [0.3, 0.4) is 0 Å². The number of carbonyl (C=O) groups is 1. The van der Waals surface area contributed by atoms with Crippen LogP contribution in [-0.2, 0) is 15.6 Å². The average molecular weight is 558 g/mol. The quantitative estimate of drug-likeness (QED) is 0.330. The molecule has 7 aliphatic carbocycles. The van der Waals surface area contributed by atoms with Gasteiger partial charge < -0.3 is 14.2 Å².